The number of carbonyl (C=O) groups is 1. The molecule has 0 saturated heterocycles. The van der Waals surface area contributed by atoms with E-state index < -0.39 is 0 Å². The van der Waals surface area contributed by atoms with Crippen molar-refractivity contribution in [3.05, 3.63) is 30.0 Å². The van der Waals surface area contributed by atoms with Crippen LogP contribution in [0.25, 0.3) is 21.8 Å². The summed E-state index contributed by atoms with van der Waals surface area (Å²) in [6.07, 6.45) is 2.31. The van der Waals surface area contributed by atoms with Gasteiger partial charge in [0.1, 0.15) is 11.3 Å². The van der Waals surface area contributed by atoms with Crippen molar-refractivity contribution in [3.8, 4) is 0 Å². The number of nitrogen functional groups attached to an aromatic ring is 1. The SMILES string of the molecule is CCCn1nc2c(N)nc3ccccc3c2c1CC(C)(C)CC(C)=O. The third kappa shape index (κ3) is 3.36. The number of nitrogens with zero attached hydrogens (tertiary/aromatic N) is 3. The van der Waals surface area contributed by atoms with Crippen LogP contribution in [0, 0.1) is 5.41 Å². The summed E-state index contributed by atoms with van der Waals surface area (Å²) >= 11 is 0. The van der Waals surface area contributed by atoms with Gasteiger partial charge in [-0.15, -0.1) is 0 Å². The van der Waals surface area contributed by atoms with Gasteiger partial charge in [0.05, 0.1) is 5.52 Å². The van der Waals surface area contributed by atoms with E-state index in [4.69, 9.17) is 10.8 Å². The fourth-order valence-corrected chi connectivity index (χ4v) is 3.69. The molecule has 2 heterocycles. The lowest BCUT2D eigenvalue weighted by molar-refractivity contribution is -0.118. The number of aryl methyl sites for hydroxylation is 1. The van der Waals surface area contributed by atoms with Crippen LogP contribution in [-0.2, 0) is 17.8 Å². The van der Waals surface area contributed by atoms with Crippen molar-refractivity contribution in [2.75, 3.05) is 5.73 Å². The zero-order valence-electron chi connectivity index (χ0n) is 15.5. The molecule has 1 aromatic carbocycles. The number of hydrogen-bond donors (Lipinski definition) is 1. The molecule has 0 aliphatic carbocycles. The average molecular weight is 338 g/mol. The summed E-state index contributed by atoms with van der Waals surface area (Å²) in [5.74, 6) is 0.677. The molecule has 0 fully saturated rings. The number of carbonyl (C=O) groups excluding carboxylic acids is 1. The van der Waals surface area contributed by atoms with Gasteiger partial charge in [-0.1, -0.05) is 39.0 Å². The number of fused-ring (bicyclic) bond motifs is 3. The zero-order chi connectivity index (χ0) is 18.2. The molecule has 0 aliphatic rings. The third-order valence-corrected chi connectivity index (χ3v) is 4.52. The minimum Gasteiger partial charge on any atom is -0.382 e. The molecule has 2 N–H and O–H groups in total. The van der Waals surface area contributed by atoms with Crippen molar-refractivity contribution in [3.63, 3.8) is 0 Å². The van der Waals surface area contributed by atoms with Crippen LogP contribution in [0.15, 0.2) is 24.3 Å². The molecule has 5 nitrogen and oxygen atoms in total. The molecule has 0 aliphatic heterocycles. The van der Waals surface area contributed by atoms with E-state index in [9.17, 15) is 4.79 Å². The maximum absolute atomic E-state index is 11.7. The topological polar surface area (TPSA) is 73.8 Å². The molecule has 0 unspecified atom stereocenters. The number of para-hydroxylation sites is 1. The number of ketones is 1. The smallest absolute Gasteiger partial charge is 0.152 e. The van der Waals surface area contributed by atoms with E-state index in [0.717, 1.165) is 46.9 Å². The summed E-state index contributed by atoms with van der Waals surface area (Å²) in [5, 5.41) is 6.91. The Hall–Kier alpha value is -2.43. The average Bonchev–Trinajstić information content (AvgIpc) is 2.85. The van der Waals surface area contributed by atoms with Crippen LogP contribution in [0.4, 0.5) is 5.82 Å². The van der Waals surface area contributed by atoms with Gasteiger partial charge in [-0.3, -0.25) is 4.68 Å². The van der Waals surface area contributed by atoms with Crippen molar-refractivity contribution < 1.29 is 4.79 Å². The monoisotopic (exact) mass is 338 g/mol. The van der Waals surface area contributed by atoms with Crippen LogP contribution in [0.1, 0.15) is 46.2 Å². The van der Waals surface area contributed by atoms with Gasteiger partial charge in [-0.2, -0.15) is 5.10 Å². The highest BCUT2D eigenvalue weighted by atomic mass is 16.1. The Morgan fingerprint density at radius 2 is 2.00 bits per heavy atom. The minimum atomic E-state index is -0.135. The van der Waals surface area contributed by atoms with Crippen molar-refractivity contribution in [1.82, 2.24) is 14.8 Å². The summed E-state index contributed by atoms with van der Waals surface area (Å²) in [6.45, 7) is 8.89. The van der Waals surface area contributed by atoms with Gasteiger partial charge < -0.3 is 10.5 Å². The van der Waals surface area contributed by atoms with Gasteiger partial charge in [0.25, 0.3) is 0 Å². The Bertz CT molecular complexity index is 940. The van der Waals surface area contributed by atoms with Crippen LogP contribution in [-0.4, -0.2) is 20.5 Å². The van der Waals surface area contributed by atoms with Crippen LogP contribution in [0.5, 0.6) is 0 Å². The molecule has 3 rings (SSSR count). The number of rotatable bonds is 6. The Morgan fingerprint density at radius 3 is 2.68 bits per heavy atom. The van der Waals surface area contributed by atoms with Gasteiger partial charge in [-0.25, -0.2) is 4.98 Å². The highest BCUT2D eigenvalue weighted by molar-refractivity contribution is 6.09. The molecule has 0 radical (unpaired) electrons. The van der Waals surface area contributed by atoms with Crippen LogP contribution >= 0.6 is 0 Å². The normalized spacial score (nSPS) is 12.2. The lowest BCUT2D eigenvalue weighted by Crippen LogP contribution is -2.21. The number of Topliss-reactive ketones (excluding diaryl/α,β-unsaturated/α-hetero) is 1. The highest BCUT2D eigenvalue weighted by Crippen LogP contribution is 2.35. The van der Waals surface area contributed by atoms with Crippen molar-refractivity contribution in [1.29, 1.82) is 0 Å². The summed E-state index contributed by atoms with van der Waals surface area (Å²) in [5.41, 5.74) is 8.86. The molecular formula is C20H26N4O. The molecule has 0 atom stereocenters. The molecular weight excluding hydrogens is 312 g/mol. The number of aromatic nitrogens is 3. The predicted octanol–water partition coefficient (Wildman–Crippen LogP) is 4.12. The number of hydrogen-bond acceptors (Lipinski definition) is 4. The lowest BCUT2D eigenvalue weighted by atomic mass is 9.82. The Morgan fingerprint density at radius 1 is 1.28 bits per heavy atom. The molecule has 25 heavy (non-hydrogen) atoms. The lowest BCUT2D eigenvalue weighted by Gasteiger charge is -2.24. The summed E-state index contributed by atoms with van der Waals surface area (Å²) in [6, 6.07) is 8.04. The van der Waals surface area contributed by atoms with Gasteiger partial charge in [0.2, 0.25) is 0 Å². The first-order chi connectivity index (χ1) is 11.8. The van der Waals surface area contributed by atoms with Crippen molar-refractivity contribution in [2.24, 2.45) is 5.41 Å². The van der Waals surface area contributed by atoms with Gasteiger partial charge in [-0.05, 0) is 31.2 Å². The summed E-state index contributed by atoms with van der Waals surface area (Å²) in [7, 11) is 0. The van der Waals surface area contributed by atoms with Gasteiger partial charge in [0.15, 0.2) is 5.82 Å². The second-order valence-electron chi connectivity index (χ2n) is 7.63. The molecule has 0 saturated carbocycles. The molecule has 2 aromatic heterocycles. The largest absolute Gasteiger partial charge is 0.382 e. The first-order valence-electron chi connectivity index (χ1n) is 8.85. The number of benzene rings is 1. The Labute approximate surface area is 148 Å². The van der Waals surface area contributed by atoms with E-state index in [1.165, 1.54) is 0 Å². The molecule has 0 spiro atoms. The summed E-state index contributed by atoms with van der Waals surface area (Å²) in [4.78, 5) is 16.2. The van der Waals surface area contributed by atoms with E-state index in [0.29, 0.717) is 12.2 Å². The number of nitrogens with two attached hydrogens (primary N) is 1. The van der Waals surface area contributed by atoms with E-state index in [-0.39, 0.29) is 11.2 Å². The van der Waals surface area contributed by atoms with Crippen LogP contribution in [0.2, 0.25) is 0 Å². The molecule has 5 heteroatoms. The second-order valence-corrected chi connectivity index (χ2v) is 7.63. The maximum Gasteiger partial charge on any atom is 0.152 e. The van der Waals surface area contributed by atoms with Crippen LogP contribution < -0.4 is 5.73 Å². The van der Waals surface area contributed by atoms with Gasteiger partial charge in [0, 0.05) is 29.4 Å². The number of anilines is 1. The number of pyridine rings is 1. The van der Waals surface area contributed by atoms with E-state index in [1.54, 1.807) is 6.92 Å². The fourth-order valence-electron chi connectivity index (χ4n) is 3.69. The predicted molar refractivity (Wildman–Crippen MR) is 103 cm³/mol. The molecule has 132 valence electrons. The zero-order valence-corrected chi connectivity index (χ0v) is 15.5. The minimum absolute atomic E-state index is 0.135. The van der Waals surface area contributed by atoms with Crippen molar-refractivity contribution >= 4 is 33.4 Å². The van der Waals surface area contributed by atoms with Crippen molar-refractivity contribution in [2.45, 2.75) is 53.5 Å². The van der Waals surface area contributed by atoms with Crippen LogP contribution in [0.3, 0.4) is 0 Å². The van der Waals surface area contributed by atoms with E-state index >= 15 is 0 Å². The molecule has 3 aromatic rings. The molecule has 0 bridgehead atoms. The van der Waals surface area contributed by atoms with E-state index in [1.807, 2.05) is 18.2 Å². The molecule has 0 amide bonds. The highest BCUT2D eigenvalue weighted by Gasteiger charge is 2.26. The maximum atomic E-state index is 11.7. The second kappa shape index (κ2) is 6.47. The van der Waals surface area contributed by atoms with E-state index in [2.05, 4.69) is 36.5 Å². The first-order valence-corrected chi connectivity index (χ1v) is 8.85. The fraction of sp³-hybridized carbons (Fsp3) is 0.450. The Balaban J connectivity index is 2.27. The van der Waals surface area contributed by atoms with Gasteiger partial charge >= 0.3 is 0 Å². The summed E-state index contributed by atoms with van der Waals surface area (Å²) < 4.78 is 2.05. The quantitative estimate of drug-likeness (QED) is 0.733. The Kier molecular flexibility index (Phi) is 4.50. The third-order valence-electron chi connectivity index (χ3n) is 4.52. The standard InChI is InChI=1S/C20H26N4O/c1-5-10-24-16(12-20(3,4)11-13(2)25)17-14-8-6-7-9-15(14)22-19(21)18(17)23-24/h6-9H,5,10-12H2,1-4H3,(H2,21,22). The first kappa shape index (κ1) is 17.4.